The van der Waals surface area contributed by atoms with Gasteiger partial charge in [-0.1, -0.05) is 97.1 Å². The van der Waals surface area contributed by atoms with Gasteiger partial charge in [0.1, 0.15) is 5.84 Å². The maximum Gasteiger partial charge on any atom is 0.145 e. The zero-order valence-electron chi connectivity index (χ0n) is 15.9. The van der Waals surface area contributed by atoms with Crippen molar-refractivity contribution in [3.05, 3.63) is 127 Å². The van der Waals surface area contributed by atoms with Gasteiger partial charge in [0.15, 0.2) is 0 Å². The van der Waals surface area contributed by atoms with E-state index in [1.807, 2.05) is 42.5 Å². The molecule has 1 aromatic heterocycles. The van der Waals surface area contributed by atoms with Crippen molar-refractivity contribution in [2.24, 2.45) is 4.99 Å². The first-order valence-corrected chi connectivity index (χ1v) is 9.75. The van der Waals surface area contributed by atoms with Crippen LogP contribution in [0.4, 0.5) is 5.69 Å². The predicted octanol–water partition coefficient (Wildman–Crippen LogP) is 6.93. The van der Waals surface area contributed by atoms with Crippen molar-refractivity contribution in [1.82, 2.24) is 4.57 Å². The smallest absolute Gasteiger partial charge is 0.145 e. The van der Waals surface area contributed by atoms with E-state index in [1.165, 1.54) is 10.9 Å². The number of fused-ring (bicyclic) bond motifs is 1. The van der Waals surface area contributed by atoms with Gasteiger partial charge < -0.3 is 0 Å². The van der Waals surface area contributed by atoms with Crippen molar-refractivity contribution in [3.8, 4) is 11.3 Å². The molecule has 0 aliphatic rings. The van der Waals surface area contributed by atoms with E-state index in [0.29, 0.717) is 0 Å². The number of benzene rings is 4. The largest absolute Gasteiger partial charge is 0.293 e. The predicted molar refractivity (Wildman–Crippen MR) is 122 cm³/mol. The van der Waals surface area contributed by atoms with Gasteiger partial charge in [-0.2, -0.15) is 0 Å². The molecule has 0 atom stereocenters. The van der Waals surface area contributed by atoms with Gasteiger partial charge in [0.25, 0.3) is 0 Å². The molecular weight excluding hydrogens is 352 g/mol. The van der Waals surface area contributed by atoms with Gasteiger partial charge in [0.2, 0.25) is 0 Å². The summed E-state index contributed by atoms with van der Waals surface area (Å²) in [6, 6.07) is 41.7. The maximum absolute atomic E-state index is 5.09. The highest BCUT2D eigenvalue weighted by atomic mass is 15.1. The standard InChI is InChI=1S/C27H20N2/c1-4-12-21(13-5-1)26-20-23-16-10-11-19-25(23)29(26)27(22-14-6-2-7-15-22)28-24-17-8-3-9-18-24/h1-20H. The van der Waals surface area contributed by atoms with Crippen molar-refractivity contribution in [1.29, 1.82) is 0 Å². The lowest BCUT2D eigenvalue weighted by atomic mass is 10.1. The van der Waals surface area contributed by atoms with Crippen LogP contribution in [0.3, 0.4) is 0 Å². The molecule has 0 saturated carbocycles. The molecular formula is C27H20N2. The molecule has 29 heavy (non-hydrogen) atoms. The lowest BCUT2D eigenvalue weighted by Gasteiger charge is -2.15. The molecule has 0 fully saturated rings. The molecule has 2 heteroatoms. The molecule has 0 unspecified atom stereocenters. The fourth-order valence-corrected chi connectivity index (χ4v) is 3.66. The normalized spacial score (nSPS) is 11.7. The molecule has 0 aliphatic carbocycles. The van der Waals surface area contributed by atoms with Crippen molar-refractivity contribution in [3.63, 3.8) is 0 Å². The third kappa shape index (κ3) is 3.37. The van der Waals surface area contributed by atoms with Gasteiger partial charge in [-0.25, -0.2) is 4.99 Å². The zero-order chi connectivity index (χ0) is 19.5. The molecule has 138 valence electrons. The maximum atomic E-state index is 5.09. The van der Waals surface area contributed by atoms with E-state index in [4.69, 9.17) is 4.99 Å². The van der Waals surface area contributed by atoms with Crippen LogP contribution in [-0.2, 0) is 0 Å². The Balaban J connectivity index is 1.84. The van der Waals surface area contributed by atoms with Gasteiger partial charge in [0, 0.05) is 10.9 Å². The van der Waals surface area contributed by atoms with E-state index in [9.17, 15) is 0 Å². The highest BCUT2D eigenvalue weighted by Gasteiger charge is 2.16. The highest BCUT2D eigenvalue weighted by molar-refractivity contribution is 6.09. The molecule has 0 amide bonds. The van der Waals surface area contributed by atoms with Gasteiger partial charge in [-0.3, -0.25) is 4.57 Å². The van der Waals surface area contributed by atoms with Crippen LogP contribution in [0.2, 0.25) is 0 Å². The molecule has 0 spiro atoms. The summed E-state index contributed by atoms with van der Waals surface area (Å²) >= 11 is 0. The molecule has 5 aromatic rings. The molecule has 4 aromatic carbocycles. The summed E-state index contributed by atoms with van der Waals surface area (Å²) in [7, 11) is 0. The number of hydrogen-bond donors (Lipinski definition) is 0. The summed E-state index contributed by atoms with van der Waals surface area (Å²) < 4.78 is 2.27. The van der Waals surface area contributed by atoms with Crippen molar-refractivity contribution < 1.29 is 0 Å². The number of nitrogens with zero attached hydrogens (tertiary/aromatic N) is 2. The average Bonchev–Trinajstić information content (AvgIpc) is 3.19. The topological polar surface area (TPSA) is 17.3 Å². The van der Waals surface area contributed by atoms with Crippen LogP contribution in [0.5, 0.6) is 0 Å². The zero-order valence-corrected chi connectivity index (χ0v) is 15.9. The quantitative estimate of drug-likeness (QED) is 0.241. The summed E-state index contributed by atoms with van der Waals surface area (Å²) in [4.78, 5) is 5.09. The van der Waals surface area contributed by atoms with E-state index < -0.39 is 0 Å². The fraction of sp³-hybridized carbons (Fsp3) is 0. The Bertz CT molecular complexity index is 1270. The average molecular weight is 372 g/mol. The second-order valence-electron chi connectivity index (χ2n) is 6.93. The molecule has 2 nitrogen and oxygen atoms in total. The van der Waals surface area contributed by atoms with Crippen molar-refractivity contribution >= 4 is 22.4 Å². The Hall–Kier alpha value is -3.91. The van der Waals surface area contributed by atoms with Crippen molar-refractivity contribution in [2.45, 2.75) is 0 Å². The lowest BCUT2D eigenvalue weighted by molar-refractivity contribution is 1.20. The van der Waals surface area contributed by atoms with Gasteiger partial charge >= 0.3 is 0 Å². The first-order chi connectivity index (χ1) is 14.4. The highest BCUT2D eigenvalue weighted by Crippen LogP contribution is 2.30. The minimum absolute atomic E-state index is 0.914. The molecule has 0 N–H and O–H groups in total. The minimum atomic E-state index is 0.914. The Kier molecular flexibility index (Phi) is 4.51. The van der Waals surface area contributed by atoms with Crippen LogP contribution in [0.15, 0.2) is 126 Å². The van der Waals surface area contributed by atoms with E-state index in [-0.39, 0.29) is 0 Å². The third-order valence-electron chi connectivity index (χ3n) is 5.02. The summed E-state index contributed by atoms with van der Waals surface area (Å²) in [6.45, 7) is 0. The van der Waals surface area contributed by atoms with Crippen LogP contribution in [0, 0.1) is 0 Å². The molecule has 1 heterocycles. The van der Waals surface area contributed by atoms with Crippen LogP contribution < -0.4 is 0 Å². The number of hydrogen-bond acceptors (Lipinski definition) is 1. The SMILES string of the molecule is c1ccc(N=C(c2ccccc2)n2c(-c3ccccc3)cc3ccccc32)cc1. The summed E-state index contributed by atoms with van der Waals surface area (Å²) in [5.74, 6) is 0.914. The summed E-state index contributed by atoms with van der Waals surface area (Å²) in [5.41, 5.74) is 5.45. The first-order valence-electron chi connectivity index (χ1n) is 9.75. The molecule has 0 radical (unpaired) electrons. The van der Waals surface area contributed by atoms with Crippen LogP contribution in [0.1, 0.15) is 5.56 Å². The van der Waals surface area contributed by atoms with Crippen molar-refractivity contribution in [2.75, 3.05) is 0 Å². The van der Waals surface area contributed by atoms with Gasteiger partial charge in [-0.15, -0.1) is 0 Å². The van der Waals surface area contributed by atoms with E-state index >= 15 is 0 Å². The lowest BCUT2D eigenvalue weighted by Crippen LogP contribution is -2.14. The number of para-hydroxylation sites is 2. The fourth-order valence-electron chi connectivity index (χ4n) is 3.66. The summed E-state index contributed by atoms with van der Waals surface area (Å²) in [6.07, 6.45) is 0. The number of aliphatic imine (C=N–C) groups is 1. The first kappa shape index (κ1) is 17.2. The third-order valence-corrected chi connectivity index (χ3v) is 5.02. The Morgan fingerprint density at radius 2 is 1.17 bits per heavy atom. The van der Waals surface area contributed by atoms with E-state index in [1.54, 1.807) is 0 Å². The van der Waals surface area contributed by atoms with Gasteiger partial charge in [0.05, 0.1) is 16.9 Å². The Morgan fingerprint density at radius 1 is 0.586 bits per heavy atom. The molecule has 0 bridgehead atoms. The molecule has 0 aliphatic heterocycles. The second-order valence-corrected chi connectivity index (χ2v) is 6.93. The minimum Gasteiger partial charge on any atom is -0.293 e. The second kappa shape index (κ2) is 7.61. The van der Waals surface area contributed by atoms with E-state index in [0.717, 1.165) is 28.3 Å². The van der Waals surface area contributed by atoms with Crippen LogP contribution in [-0.4, -0.2) is 10.4 Å². The van der Waals surface area contributed by atoms with Crippen LogP contribution in [0.25, 0.3) is 22.2 Å². The van der Waals surface area contributed by atoms with Gasteiger partial charge in [-0.05, 0) is 29.8 Å². The van der Waals surface area contributed by atoms with Crippen LogP contribution >= 0.6 is 0 Å². The molecule has 0 saturated heterocycles. The summed E-state index contributed by atoms with van der Waals surface area (Å²) in [5, 5.41) is 1.20. The Morgan fingerprint density at radius 3 is 1.90 bits per heavy atom. The monoisotopic (exact) mass is 372 g/mol. The van der Waals surface area contributed by atoms with E-state index in [2.05, 4.69) is 83.4 Å². The number of rotatable bonds is 3. The number of aromatic nitrogens is 1. The molecule has 5 rings (SSSR count). The Labute approximate surface area is 170 Å².